The predicted molar refractivity (Wildman–Crippen MR) is 136 cm³/mol. The second-order valence-corrected chi connectivity index (χ2v) is 16.5. The van der Waals surface area contributed by atoms with Crippen LogP contribution in [0.15, 0.2) is 115 Å². The number of rotatable bonds is 8. The molecule has 0 aliphatic rings. The van der Waals surface area contributed by atoms with Crippen molar-refractivity contribution in [2.75, 3.05) is 12.8 Å². The molecule has 156 valence electrons. The van der Waals surface area contributed by atoms with Gasteiger partial charge in [0, 0.05) is 0 Å². The molecule has 4 aromatic rings. The van der Waals surface area contributed by atoms with E-state index >= 15 is 0 Å². The van der Waals surface area contributed by atoms with E-state index < -0.39 is 5.31 Å². The summed E-state index contributed by atoms with van der Waals surface area (Å²) in [6.07, 6.45) is 1.63. The van der Waals surface area contributed by atoms with Crippen molar-refractivity contribution in [3.63, 3.8) is 0 Å². The summed E-state index contributed by atoms with van der Waals surface area (Å²) < 4.78 is 6.18. The van der Waals surface area contributed by atoms with Crippen LogP contribution in [-0.4, -0.2) is 19.1 Å². The zero-order valence-corrected chi connectivity index (χ0v) is 19.6. The van der Waals surface area contributed by atoms with Crippen molar-refractivity contribution in [2.45, 2.75) is 0 Å². The molecule has 4 heteroatoms. The SMILES string of the molecule is O=Cc1ccc(OCCP(Br)(c2ccccc2)(c2ccccc2)c2ccccc2)cc1. The molecule has 0 aliphatic heterocycles. The Balaban J connectivity index is 1.81. The van der Waals surface area contributed by atoms with E-state index in [9.17, 15) is 4.79 Å². The molecule has 0 spiro atoms. The zero-order valence-electron chi connectivity index (χ0n) is 17.1. The van der Waals surface area contributed by atoms with Crippen molar-refractivity contribution >= 4 is 43.0 Å². The fraction of sp³-hybridized carbons (Fsp3) is 0.0741. The van der Waals surface area contributed by atoms with Crippen LogP contribution >= 0.6 is 20.8 Å². The number of benzene rings is 4. The minimum atomic E-state index is -2.98. The second-order valence-electron chi connectivity index (χ2n) is 7.45. The third-order valence-electron chi connectivity index (χ3n) is 5.68. The van der Waals surface area contributed by atoms with Gasteiger partial charge >= 0.3 is 192 Å². The fourth-order valence-corrected chi connectivity index (χ4v) is 11.1. The molecule has 0 N–H and O–H groups in total. The summed E-state index contributed by atoms with van der Waals surface area (Å²) in [5.74, 6) is 0.761. The Morgan fingerprint density at radius 3 is 1.45 bits per heavy atom. The molecular formula is C27H24BrO2P. The van der Waals surface area contributed by atoms with Crippen LogP contribution in [-0.2, 0) is 0 Å². The van der Waals surface area contributed by atoms with Crippen molar-refractivity contribution in [2.24, 2.45) is 0 Å². The Bertz CT molecular complexity index is 1030. The van der Waals surface area contributed by atoms with Gasteiger partial charge in [0.2, 0.25) is 0 Å². The summed E-state index contributed by atoms with van der Waals surface area (Å²) in [4.78, 5) is 10.9. The van der Waals surface area contributed by atoms with Crippen LogP contribution in [0, 0.1) is 0 Å². The van der Waals surface area contributed by atoms with E-state index in [1.165, 1.54) is 15.9 Å². The van der Waals surface area contributed by atoms with Crippen LogP contribution in [0.25, 0.3) is 0 Å². The molecule has 0 unspecified atom stereocenters. The summed E-state index contributed by atoms with van der Waals surface area (Å²) in [6, 6.07) is 39.3. The van der Waals surface area contributed by atoms with Gasteiger partial charge in [-0.2, -0.15) is 0 Å². The first kappa shape index (κ1) is 21.5. The summed E-state index contributed by atoms with van der Waals surface area (Å²) in [7, 11) is 0. The number of hydrogen-bond acceptors (Lipinski definition) is 2. The van der Waals surface area contributed by atoms with Crippen molar-refractivity contribution < 1.29 is 9.53 Å². The quantitative estimate of drug-likeness (QED) is 0.233. The third kappa shape index (κ3) is 4.08. The second kappa shape index (κ2) is 9.18. The third-order valence-corrected chi connectivity index (χ3v) is 15.6. The van der Waals surface area contributed by atoms with Gasteiger partial charge in [-0.15, -0.1) is 0 Å². The summed E-state index contributed by atoms with van der Waals surface area (Å²) >= 11 is 4.42. The first-order valence-electron chi connectivity index (χ1n) is 10.2. The first-order valence-corrected chi connectivity index (χ1v) is 14.7. The Kier molecular flexibility index (Phi) is 6.36. The number of carbonyl (C=O) groups excluding carboxylic acids is 1. The molecule has 0 bridgehead atoms. The van der Waals surface area contributed by atoms with Crippen LogP contribution in [0.1, 0.15) is 10.4 Å². The fourth-order valence-electron chi connectivity index (χ4n) is 4.03. The van der Waals surface area contributed by atoms with E-state index in [-0.39, 0.29) is 0 Å². The van der Waals surface area contributed by atoms with E-state index in [2.05, 4.69) is 106 Å². The van der Waals surface area contributed by atoms with Gasteiger partial charge in [0.25, 0.3) is 0 Å². The van der Waals surface area contributed by atoms with Gasteiger partial charge in [-0.25, -0.2) is 0 Å². The normalized spacial score (nSPS) is 12.5. The Morgan fingerprint density at radius 2 is 1.06 bits per heavy atom. The topological polar surface area (TPSA) is 26.3 Å². The Morgan fingerprint density at radius 1 is 0.645 bits per heavy atom. The maximum atomic E-state index is 10.9. The average molecular weight is 491 g/mol. The van der Waals surface area contributed by atoms with Gasteiger partial charge in [0.1, 0.15) is 0 Å². The molecule has 0 aliphatic carbocycles. The van der Waals surface area contributed by atoms with Gasteiger partial charge in [-0.05, 0) is 0 Å². The number of carbonyl (C=O) groups is 1. The van der Waals surface area contributed by atoms with Crippen molar-refractivity contribution in [1.82, 2.24) is 0 Å². The van der Waals surface area contributed by atoms with Gasteiger partial charge in [-0.1, -0.05) is 0 Å². The van der Waals surface area contributed by atoms with E-state index in [4.69, 9.17) is 4.74 Å². The molecule has 0 saturated heterocycles. The van der Waals surface area contributed by atoms with Crippen LogP contribution in [0.5, 0.6) is 5.75 Å². The standard InChI is InChI=1S/C27H24BrO2P/c28-31(25-10-4-1-5-11-25,26-12-6-2-7-13-26,27-14-8-3-9-15-27)21-20-30-24-18-16-23(22-29)17-19-24/h1-19,22H,20-21H2. The Labute approximate surface area is 191 Å². The summed E-state index contributed by atoms with van der Waals surface area (Å²) in [5, 5.41) is 0.829. The monoisotopic (exact) mass is 490 g/mol. The molecule has 0 saturated carbocycles. The molecule has 0 aromatic heterocycles. The molecule has 0 fully saturated rings. The predicted octanol–water partition coefficient (Wildman–Crippen LogP) is 5.72. The van der Waals surface area contributed by atoms with Crippen LogP contribution < -0.4 is 20.7 Å². The number of aldehydes is 1. The molecule has 0 atom stereocenters. The van der Waals surface area contributed by atoms with Gasteiger partial charge in [-0.3, -0.25) is 0 Å². The maximum absolute atomic E-state index is 10.9. The molecule has 0 heterocycles. The first-order chi connectivity index (χ1) is 15.1. The van der Waals surface area contributed by atoms with Gasteiger partial charge in [0.15, 0.2) is 0 Å². The van der Waals surface area contributed by atoms with Gasteiger partial charge in [0.05, 0.1) is 0 Å². The van der Waals surface area contributed by atoms with Crippen molar-refractivity contribution in [1.29, 1.82) is 0 Å². The molecule has 2 nitrogen and oxygen atoms in total. The van der Waals surface area contributed by atoms with E-state index in [0.717, 1.165) is 18.2 Å². The van der Waals surface area contributed by atoms with Crippen LogP contribution in [0.2, 0.25) is 0 Å². The van der Waals surface area contributed by atoms with Gasteiger partial charge < -0.3 is 0 Å². The summed E-state index contributed by atoms with van der Waals surface area (Å²) in [6.45, 7) is 0.530. The molecule has 4 rings (SSSR count). The van der Waals surface area contributed by atoms with Crippen LogP contribution in [0.4, 0.5) is 0 Å². The molecule has 0 radical (unpaired) electrons. The van der Waals surface area contributed by atoms with E-state index in [1.807, 2.05) is 12.1 Å². The minimum absolute atomic E-state index is 0.530. The van der Waals surface area contributed by atoms with Crippen molar-refractivity contribution in [3.05, 3.63) is 121 Å². The van der Waals surface area contributed by atoms with E-state index in [0.29, 0.717) is 12.2 Å². The zero-order chi connectivity index (χ0) is 21.6. The molecule has 31 heavy (non-hydrogen) atoms. The molecule has 4 aromatic carbocycles. The molecule has 0 amide bonds. The summed E-state index contributed by atoms with van der Waals surface area (Å²) in [5.41, 5.74) is 0.644. The Hall–Kier alpha value is -2.74. The van der Waals surface area contributed by atoms with E-state index in [1.54, 1.807) is 12.1 Å². The molecular weight excluding hydrogens is 467 g/mol. The number of ether oxygens (including phenoxy) is 1. The average Bonchev–Trinajstić information content (AvgIpc) is 2.86. The van der Waals surface area contributed by atoms with Crippen molar-refractivity contribution in [3.8, 4) is 5.75 Å². The number of hydrogen-bond donors (Lipinski definition) is 0. The van der Waals surface area contributed by atoms with Crippen LogP contribution in [0.3, 0.4) is 0 Å². The number of halogens is 1.